The molecule has 1 aromatic rings. The van der Waals surface area contributed by atoms with Gasteiger partial charge < -0.3 is 14.4 Å². The predicted octanol–water partition coefficient (Wildman–Crippen LogP) is 0.106. The summed E-state index contributed by atoms with van der Waals surface area (Å²) in [6.45, 7) is -0.249. The second kappa shape index (κ2) is 6.96. The van der Waals surface area contributed by atoms with Crippen molar-refractivity contribution in [3.8, 4) is 6.07 Å². The van der Waals surface area contributed by atoms with Crippen LogP contribution in [0.5, 0.6) is 0 Å². The third kappa shape index (κ3) is 4.27. The molecule has 0 saturated heterocycles. The van der Waals surface area contributed by atoms with Gasteiger partial charge in [0.1, 0.15) is 24.9 Å². The molecule has 0 atom stereocenters. The minimum Gasteiger partial charge on any atom is -0.468 e. The van der Waals surface area contributed by atoms with Gasteiger partial charge in [-0.2, -0.15) is 5.26 Å². The molecule has 0 aliphatic heterocycles. The van der Waals surface area contributed by atoms with Crippen molar-refractivity contribution in [1.29, 1.82) is 5.26 Å². The molecule has 1 aromatic heterocycles. The number of hydrogen-bond donors (Lipinski definition) is 0. The fraction of sp³-hybridized carbons (Fsp3) is 0.333. The van der Waals surface area contributed by atoms with Crippen LogP contribution in [0, 0.1) is 11.3 Å². The number of ether oxygens (including phenoxy) is 2. The lowest BCUT2D eigenvalue weighted by atomic mass is 10.3. The molecule has 0 aliphatic carbocycles. The van der Waals surface area contributed by atoms with Gasteiger partial charge in [-0.05, 0) is 12.1 Å². The van der Waals surface area contributed by atoms with Gasteiger partial charge in [-0.25, -0.2) is 4.98 Å². The van der Waals surface area contributed by atoms with Gasteiger partial charge in [0, 0.05) is 11.9 Å². The van der Waals surface area contributed by atoms with Gasteiger partial charge in [0.25, 0.3) is 0 Å². The van der Waals surface area contributed by atoms with Crippen molar-refractivity contribution >= 4 is 17.6 Å². The number of rotatable bonds is 5. The molecule has 0 spiro atoms. The van der Waals surface area contributed by atoms with Gasteiger partial charge >= 0.3 is 11.9 Å². The summed E-state index contributed by atoms with van der Waals surface area (Å²) in [4.78, 5) is 27.9. The number of nitrogens with zero attached hydrogens (tertiary/aromatic N) is 3. The summed E-state index contributed by atoms with van der Waals surface area (Å²) < 4.78 is 9.12. The zero-order valence-electron chi connectivity index (χ0n) is 10.6. The fourth-order valence-electron chi connectivity index (χ4n) is 1.36. The highest BCUT2D eigenvalue weighted by atomic mass is 16.5. The van der Waals surface area contributed by atoms with Crippen LogP contribution < -0.4 is 4.90 Å². The van der Waals surface area contributed by atoms with Crippen molar-refractivity contribution < 1.29 is 19.1 Å². The topological polar surface area (TPSA) is 92.5 Å². The number of carbonyl (C=O) groups is 2. The standard InChI is InChI=1S/C12H13N3O4/c1-18-11(16)7-15(8-12(17)19-2)10-3-4-14-9(5-10)6-13/h3-5H,7-8H2,1-2H3. The van der Waals surface area contributed by atoms with Crippen molar-refractivity contribution in [1.82, 2.24) is 4.98 Å². The maximum absolute atomic E-state index is 11.3. The number of carbonyl (C=O) groups excluding carboxylic acids is 2. The van der Waals surface area contributed by atoms with Crippen molar-refractivity contribution in [2.24, 2.45) is 0 Å². The molecule has 0 unspecified atom stereocenters. The van der Waals surface area contributed by atoms with E-state index in [1.54, 1.807) is 6.07 Å². The Bertz CT molecular complexity index is 492. The molecule has 1 heterocycles. The second-order valence-electron chi connectivity index (χ2n) is 3.52. The van der Waals surface area contributed by atoms with E-state index in [-0.39, 0.29) is 18.8 Å². The molecule has 7 heteroatoms. The normalized spacial score (nSPS) is 9.32. The van der Waals surface area contributed by atoms with E-state index in [0.29, 0.717) is 5.69 Å². The monoisotopic (exact) mass is 263 g/mol. The number of esters is 2. The molecular weight excluding hydrogens is 250 g/mol. The third-order valence-electron chi connectivity index (χ3n) is 2.32. The van der Waals surface area contributed by atoms with Crippen LogP contribution in [-0.4, -0.2) is 44.2 Å². The molecule has 0 N–H and O–H groups in total. The fourth-order valence-corrected chi connectivity index (χ4v) is 1.36. The average Bonchev–Trinajstić information content (AvgIpc) is 2.46. The Labute approximate surface area is 110 Å². The summed E-state index contributed by atoms with van der Waals surface area (Å²) in [5.74, 6) is -1.00. The first kappa shape index (κ1) is 14.4. The molecule has 7 nitrogen and oxygen atoms in total. The zero-order valence-corrected chi connectivity index (χ0v) is 10.6. The summed E-state index contributed by atoms with van der Waals surface area (Å²) >= 11 is 0. The summed E-state index contributed by atoms with van der Waals surface area (Å²) in [5.41, 5.74) is 0.708. The van der Waals surface area contributed by atoms with Crippen LogP contribution >= 0.6 is 0 Å². The van der Waals surface area contributed by atoms with Crippen molar-refractivity contribution in [2.45, 2.75) is 0 Å². The Morgan fingerprint density at radius 3 is 2.37 bits per heavy atom. The van der Waals surface area contributed by atoms with Crippen molar-refractivity contribution in [3.63, 3.8) is 0 Å². The average molecular weight is 263 g/mol. The molecule has 100 valence electrons. The Hall–Kier alpha value is -2.62. The molecule has 0 aliphatic rings. The molecule has 0 aromatic carbocycles. The number of anilines is 1. The van der Waals surface area contributed by atoms with Gasteiger partial charge in [-0.1, -0.05) is 0 Å². The SMILES string of the molecule is COC(=O)CN(CC(=O)OC)c1ccnc(C#N)c1. The smallest absolute Gasteiger partial charge is 0.325 e. The Morgan fingerprint density at radius 2 is 1.89 bits per heavy atom. The first-order valence-corrected chi connectivity index (χ1v) is 5.35. The second-order valence-corrected chi connectivity index (χ2v) is 3.52. The van der Waals surface area contributed by atoms with Gasteiger partial charge in [0.05, 0.1) is 14.2 Å². The minimum atomic E-state index is -0.501. The van der Waals surface area contributed by atoms with Gasteiger partial charge in [-0.3, -0.25) is 9.59 Å². The molecule has 19 heavy (non-hydrogen) atoms. The van der Waals surface area contributed by atoms with Gasteiger partial charge in [0.15, 0.2) is 0 Å². The molecule has 0 saturated carbocycles. The van der Waals surface area contributed by atoms with Crippen LogP contribution in [0.4, 0.5) is 5.69 Å². The van der Waals surface area contributed by atoms with Crippen LogP contribution in [0.2, 0.25) is 0 Å². The molecule has 0 amide bonds. The van der Waals surface area contributed by atoms with Crippen LogP contribution in [-0.2, 0) is 19.1 Å². The van der Waals surface area contributed by atoms with Crippen molar-refractivity contribution in [3.05, 3.63) is 24.0 Å². The van der Waals surface area contributed by atoms with Crippen LogP contribution in [0.3, 0.4) is 0 Å². The lowest BCUT2D eigenvalue weighted by Crippen LogP contribution is -2.35. The zero-order chi connectivity index (χ0) is 14.3. The van der Waals surface area contributed by atoms with Crippen molar-refractivity contribution in [2.75, 3.05) is 32.2 Å². The molecule has 0 fully saturated rings. The number of nitriles is 1. The van der Waals surface area contributed by atoms with Crippen LogP contribution in [0.1, 0.15) is 5.69 Å². The minimum absolute atomic E-state index is 0.125. The lowest BCUT2D eigenvalue weighted by molar-refractivity contribution is -0.140. The highest BCUT2D eigenvalue weighted by Crippen LogP contribution is 2.14. The largest absolute Gasteiger partial charge is 0.468 e. The highest BCUT2D eigenvalue weighted by Gasteiger charge is 2.16. The van der Waals surface area contributed by atoms with Crippen LogP contribution in [0.15, 0.2) is 18.3 Å². The van der Waals surface area contributed by atoms with E-state index in [9.17, 15) is 9.59 Å². The van der Waals surface area contributed by atoms with E-state index in [0.717, 1.165) is 0 Å². The molecule has 0 bridgehead atoms. The quantitative estimate of drug-likeness (QED) is 0.696. The number of pyridine rings is 1. The Morgan fingerprint density at radius 1 is 1.32 bits per heavy atom. The number of methoxy groups -OCH3 is 2. The van der Waals surface area contributed by atoms with E-state index in [4.69, 9.17) is 5.26 Å². The van der Waals surface area contributed by atoms with E-state index in [1.807, 2.05) is 6.07 Å². The van der Waals surface area contributed by atoms with E-state index in [2.05, 4.69) is 14.5 Å². The Balaban J connectivity index is 2.97. The third-order valence-corrected chi connectivity index (χ3v) is 2.32. The van der Waals surface area contributed by atoms with Gasteiger partial charge in [-0.15, -0.1) is 0 Å². The number of hydrogen-bond acceptors (Lipinski definition) is 7. The van der Waals surface area contributed by atoms with Gasteiger partial charge in [0.2, 0.25) is 0 Å². The van der Waals surface area contributed by atoms with E-state index in [1.165, 1.54) is 31.4 Å². The maximum atomic E-state index is 11.3. The maximum Gasteiger partial charge on any atom is 0.325 e. The number of aromatic nitrogens is 1. The predicted molar refractivity (Wildman–Crippen MR) is 65.2 cm³/mol. The first-order chi connectivity index (χ1) is 9.10. The summed E-state index contributed by atoms with van der Waals surface area (Å²) in [7, 11) is 2.51. The van der Waals surface area contributed by atoms with E-state index >= 15 is 0 Å². The summed E-state index contributed by atoms with van der Waals surface area (Å²) in [5, 5.41) is 8.79. The molecular formula is C12H13N3O4. The highest BCUT2D eigenvalue weighted by molar-refractivity contribution is 5.81. The molecule has 0 radical (unpaired) electrons. The summed E-state index contributed by atoms with van der Waals surface area (Å²) in [6, 6.07) is 4.95. The van der Waals surface area contributed by atoms with Crippen LogP contribution in [0.25, 0.3) is 0 Å². The lowest BCUT2D eigenvalue weighted by Gasteiger charge is -2.21. The van der Waals surface area contributed by atoms with E-state index < -0.39 is 11.9 Å². The molecule has 1 rings (SSSR count). The Kier molecular flexibility index (Phi) is 5.29. The first-order valence-electron chi connectivity index (χ1n) is 5.35. The summed E-state index contributed by atoms with van der Waals surface area (Å²) in [6.07, 6.45) is 1.43.